The molecule has 7 heteroatoms. The first-order chi connectivity index (χ1) is 9.79. The van der Waals surface area contributed by atoms with Gasteiger partial charge in [-0.15, -0.1) is 0 Å². The van der Waals surface area contributed by atoms with Crippen LogP contribution in [-0.4, -0.2) is 35.5 Å². The summed E-state index contributed by atoms with van der Waals surface area (Å²) in [5.41, 5.74) is -0.528. The molecule has 0 saturated heterocycles. The van der Waals surface area contributed by atoms with Crippen LogP contribution in [0.1, 0.15) is 18.1 Å². The number of alkyl halides is 3. The van der Waals surface area contributed by atoms with E-state index >= 15 is 0 Å². The molecule has 0 unspecified atom stereocenters. The standard InChI is InChI=1S/C14H14F3NO3/c1-10(13(21)18(9-20)5-6-19)7-11-3-2-4-12(8-11)14(15,16)17/h2-4,7-9,19H,5-6H2,1H3/b10-7+. The average molecular weight is 301 g/mol. The Morgan fingerprint density at radius 3 is 2.57 bits per heavy atom. The van der Waals surface area contributed by atoms with Gasteiger partial charge in [-0.2, -0.15) is 13.2 Å². The number of amides is 2. The summed E-state index contributed by atoms with van der Waals surface area (Å²) in [4.78, 5) is 23.3. The Kier molecular flexibility index (Phi) is 5.66. The molecule has 0 bridgehead atoms. The van der Waals surface area contributed by atoms with E-state index in [1.807, 2.05) is 0 Å². The minimum absolute atomic E-state index is 0.0925. The maximum Gasteiger partial charge on any atom is 0.416 e. The van der Waals surface area contributed by atoms with Crippen LogP contribution in [-0.2, 0) is 15.8 Å². The Bertz CT molecular complexity index is 553. The lowest BCUT2D eigenvalue weighted by molar-refractivity contribution is -0.138. The molecule has 1 aromatic rings. The van der Waals surface area contributed by atoms with Crippen molar-refractivity contribution in [3.05, 3.63) is 41.0 Å². The largest absolute Gasteiger partial charge is 0.416 e. The van der Waals surface area contributed by atoms with Crippen molar-refractivity contribution in [2.45, 2.75) is 13.1 Å². The summed E-state index contributed by atoms with van der Waals surface area (Å²) >= 11 is 0. The van der Waals surface area contributed by atoms with Gasteiger partial charge in [-0.05, 0) is 30.7 Å². The van der Waals surface area contributed by atoms with E-state index in [1.54, 1.807) is 0 Å². The van der Waals surface area contributed by atoms with E-state index in [-0.39, 0.29) is 30.7 Å². The number of hydrogen-bond acceptors (Lipinski definition) is 3. The molecule has 0 atom stereocenters. The van der Waals surface area contributed by atoms with E-state index < -0.39 is 17.6 Å². The first-order valence-corrected chi connectivity index (χ1v) is 6.02. The average Bonchev–Trinajstić information content (AvgIpc) is 2.43. The summed E-state index contributed by atoms with van der Waals surface area (Å²) in [6.07, 6.45) is -2.94. The predicted octanol–water partition coefficient (Wildman–Crippen LogP) is 2.09. The van der Waals surface area contributed by atoms with Gasteiger partial charge in [0.1, 0.15) is 0 Å². The van der Waals surface area contributed by atoms with Crippen LogP contribution in [0.4, 0.5) is 13.2 Å². The highest BCUT2D eigenvalue weighted by atomic mass is 19.4. The van der Waals surface area contributed by atoms with Gasteiger partial charge in [0.05, 0.1) is 18.7 Å². The molecule has 114 valence electrons. The van der Waals surface area contributed by atoms with E-state index in [0.29, 0.717) is 0 Å². The number of halogens is 3. The van der Waals surface area contributed by atoms with E-state index in [4.69, 9.17) is 5.11 Å². The van der Waals surface area contributed by atoms with E-state index in [0.717, 1.165) is 17.0 Å². The van der Waals surface area contributed by atoms with Gasteiger partial charge < -0.3 is 5.11 Å². The summed E-state index contributed by atoms with van der Waals surface area (Å²) in [6, 6.07) is 4.49. The number of nitrogens with zero attached hydrogens (tertiary/aromatic N) is 1. The predicted molar refractivity (Wildman–Crippen MR) is 70.0 cm³/mol. The third-order valence-corrected chi connectivity index (χ3v) is 2.66. The van der Waals surface area contributed by atoms with Crippen molar-refractivity contribution in [1.82, 2.24) is 4.90 Å². The highest BCUT2D eigenvalue weighted by molar-refractivity contribution is 6.02. The molecule has 0 fully saturated rings. The number of benzene rings is 1. The van der Waals surface area contributed by atoms with Gasteiger partial charge in [0, 0.05) is 5.57 Å². The summed E-state index contributed by atoms with van der Waals surface area (Å²) in [6.45, 7) is 0.827. The zero-order valence-corrected chi connectivity index (χ0v) is 11.2. The van der Waals surface area contributed by atoms with Crippen molar-refractivity contribution in [1.29, 1.82) is 0 Å². The third-order valence-electron chi connectivity index (χ3n) is 2.66. The van der Waals surface area contributed by atoms with Gasteiger partial charge >= 0.3 is 6.18 Å². The Balaban J connectivity index is 3.01. The van der Waals surface area contributed by atoms with Gasteiger partial charge in [-0.3, -0.25) is 14.5 Å². The Morgan fingerprint density at radius 1 is 1.38 bits per heavy atom. The van der Waals surface area contributed by atoms with Crippen LogP contribution in [0.5, 0.6) is 0 Å². The molecular weight excluding hydrogens is 287 g/mol. The molecule has 0 spiro atoms. The summed E-state index contributed by atoms with van der Waals surface area (Å²) < 4.78 is 37.7. The number of aliphatic hydroxyl groups excluding tert-OH is 1. The number of hydrogen-bond donors (Lipinski definition) is 1. The molecule has 0 radical (unpaired) electrons. The fourth-order valence-corrected chi connectivity index (χ4v) is 1.65. The van der Waals surface area contributed by atoms with Crippen LogP contribution >= 0.6 is 0 Å². The van der Waals surface area contributed by atoms with Crippen LogP contribution in [0.15, 0.2) is 29.8 Å². The Morgan fingerprint density at radius 2 is 2.05 bits per heavy atom. The molecule has 0 aliphatic heterocycles. The second-order valence-corrected chi connectivity index (χ2v) is 4.28. The SMILES string of the molecule is C/C(=C\c1cccc(C(F)(F)F)c1)C(=O)N(C=O)CCO. The van der Waals surface area contributed by atoms with E-state index in [9.17, 15) is 22.8 Å². The minimum atomic E-state index is -4.46. The van der Waals surface area contributed by atoms with E-state index in [1.165, 1.54) is 25.1 Å². The van der Waals surface area contributed by atoms with Gasteiger partial charge in [0.15, 0.2) is 0 Å². The minimum Gasteiger partial charge on any atom is -0.395 e. The molecule has 2 amide bonds. The lowest BCUT2D eigenvalue weighted by Crippen LogP contribution is -2.32. The molecule has 1 N–H and O–H groups in total. The third kappa shape index (κ3) is 4.71. The second kappa shape index (κ2) is 7.03. The molecule has 0 aromatic heterocycles. The quantitative estimate of drug-likeness (QED) is 0.669. The molecule has 0 saturated carbocycles. The number of imide groups is 1. The van der Waals surface area contributed by atoms with Crippen molar-refractivity contribution in [3.8, 4) is 0 Å². The number of carbonyl (C=O) groups is 2. The first-order valence-electron chi connectivity index (χ1n) is 6.02. The topological polar surface area (TPSA) is 57.6 Å². The number of rotatable bonds is 5. The van der Waals surface area contributed by atoms with Crippen LogP contribution < -0.4 is 0 Å². The van der Waals surface area contributed by atoms with Crippen LogP contribution in [0.2, 0.25) is 0 Å². The van der Waals surface area contributed by atoms with Crippen LogP contribution in [0.25, 0.3) is 6.08 Å². The highest BCUT2D eigenvalue weighted by Gasteiger charge is 2.30. The van der Waals surface area contributed by atoms with Crippen molar-refractivity contribution in [2.24, 2.45) is 0 Å². The van der Waals surface area contributed by atoms with Crippen molar-refractivity contribution in [2.75, 3.05) is 13.2 Å². The van der Waals surface area contributed by atoms with Gasteiger partial charge in [0.25, 0.3) is 5.91 Å². The van der Waals surface area contributed by atoms with Gasteiger partial charge in [0.2, 0.25) is 6.41 Å². The summed E-state index contributed by atoms with van der Waals surface area (Å²) in [5, 5.41) is 8.72. The fourth-order valence-electron chi connectivity index (χ4n) is 1.65. The molecule has 0 aliphatic rings. The molecule has 1 aromatic carbocycles. The maximum absolute atomic E-state index is 12.6. The fraction of sp³-hybridized carbons (Fsp3) is 0.286. The highest BCUT2D eigenvalue weighted by Crippen LogP contribution is 2.29. The van der Waals surface area contributed by atoms with Crippen molar-refractivity contribution >= 4 is 18.4 Å². The number of aliphatic hydroxyl groups is 1. The molecule has 4 nitrogen and oxygen atoms in total. The molecular formula is C14H14F3NO3. The van der Waals surface area contributed by atoms with Crippen LogP contribution in [0, 0.1) is 0 Å². The molecule has 21 heavy (non-hydrogen) atoms. The zero-order chi connectivity index (χ0) is 16.0. The molecule has 0 heterocycles. The van der Waals surface area contributed by atoms with Crippen molar-refractivity contribution in [3.63, 3.8) is 0 Å². The van der Waals surface area contributed by atoms with Gasteiger partial charge in [-0.1, -0.05) is 12.1 Å². The smallest absolute Gasteiger partial charge is 0.395 e. The Hall–Kier alpha value is -2.15. The Labute approximate surface area is 119 Å². The van der Waals surface area contributed by atoms with Crippen molar-refractivity contribution < 1.29 is 27.9 Å². The zero-order valence-electron chi connectivity index (χ0n) is 11.2. The summed E-state index contributed by atoms with van der Waals surface area (Å²) in [7, 11) is 0. The van der Waals surface area contributed by atoms with Crippen LogP contribution in [0.3, 0.4) is 0 Å². The number of carbonyl (C=O) groups excluding carboxylic acids is 2. The van der Waals surface area contributed by atoms with E-state index in [2.05, 4.69) is 0 Å². The lowest BCUT2D eigenvalue weighted by atomic mass is 10.1. The molecule has 1 rings (SSSR count). The summed E-state index contributed by atoms with van der Waals surface area (Å²) in [5.74, 6) is -0.670. The molecule has 0 aliphatic carbocycles. The maximum atomic E-state index is 12.6. The second-order valence-electron chi connectivity index (χ2n) is 4.28. The lowest BCUT2D eigenvalue weighted by Gasteiger charge is -2.14. The first kappa shape index (κ1) is 16.9. The van der Waals surface area contributed by atoms with Gasteiger partial charge in [-0.25, -0.2) is 0 Å². The normalized spacial score (nSPS) is 12.1. The monoisotopic (exact) mass is 301 g/mol.